The standard InChI is InChI=1S/C18H21ClN2O4S/c1-13(18(22)20(2)15-8-6-5-7-9-15)21(26(4,23)24)16-12-14(19)10-11-17(16)25-3/h5-13H,1-4H3/t13-/m0/s1. The highest BCUT2D eigenvalue weighted by Crippen LogP contribution is 2.34. The summed E-state index contributed by atoms with van der Waals surface area (Å²) in [6, 6.07) is 12.6. The molecule has 0 spiro atoms. The molecule has 0 unspecified atom stereocenters. The lowest BCUT2D eigenvalue weighted by molar-refractivity contribution is -0.119. The number of hydrogen-bond acceptors (Lipinski definition) is 4. The molecule has 0 saturated carbocycles. The topological polar surface area (TPSA) is 66.9 Å². The van der Waals surface area contributed by atoms with Crippen LogP contribution in [0.1, 0.15) is 6.92 Å². The number of carbonyl (C=O) groups is 1. The van der Waals surface area contributed by atoms with E-state index in [1.165, 1.54) is 25.0 Å². The number of methoxy groups -OCH3 is 1. The number of hydrogen-bond donors (Lipinski definition) is 0. The van der Waals surface area contributed by atoms with Crippen molar-refractivity contribution in [2.75, 3.05) is 29.6 Å². The summed E-state index contributed by atoms with van der Waals surface area (Å²) >= 11 is 6.04. The number of ether oxygens (including phenoxy) is 1. The lowest BCUT2D eigenvalue weighted by atomic mass is 10.2. The molecular weight excluding hydrogens is 376 g/mol. The van der Waals surface area contributed by atoms with E-state index >= 15 is 0 Å². The molecule has 0 N–H and O–H groups in total. The monoisotopic (exact) mass is 396 g/mol. The van der Waals surface area contributed by atoms with Crippen LogP contribution in [-0.4, -0.2) is 40.8 Å². The van der Waals surface area contributed by atoms with Crippen LogP contribution < -0.4 is 13.9 Å². The van der Waals surface area contributed by atoms with Gasteiger partial charge < -0.3 is 9.64 Å². The number of sulfonamides is 1. The Labute approximate surface area is 159 Å². The third kappa shape index (κ3) is 4.28. The maximum atomic E-state index is 12.9. The molecule has 26 heavy (non-hydrogen) atoms. The summed E-state index contributed by atoms with van der Waals surface area (Å²) < 4.78 is 31.2. The third-order valence-corrected chi connectivity index (χ3v) is 5.38. The van der Waals surface area contributed by atoms with Crippen molar-refractivity contribution in [3.05, 3.63) is 53.6 Å². The van der Waals surface area contributed by atoms with E-state index in [9.17, 15) is 13.2 Å². The zero-order valence-electron chi connectivity index (χ0n) is 15.0. The molecule has 0 aliphatic carbocycles. The van der Waals surface area contributed by atoms with Crippen LogP contribution in [0.2, 0.25) is 5.02 Å². The molecule has 2 aromatic rings. The predicted molar refractivity (Wildman–Crippen MR) is 105 cm³/mol. The van der Waals surface area contributed by atoms with E-state index in [4.69, 9.17) is 16.3 Å². The van der Waals surface area contributed by atoms with Gasteiger partial charge in [-0.1, -0.05) is 29.8 Å². The minimum atomic E-state index is -3.78. The van der Waals surface area contributed by atoms with Gasteiger partial charge in [0.2, 0.25) is 15.9 Å². The average molecular weight is 397 g/mol. The lowest BCUT2D eigenvalue weighted by Crippen LogP contribution is -2.48. The Kier molecular flexibility index (Phi) is 6.15. The van der Waals surface area contributed by atoms with Crippen LogP contribution in [-0.2, 0) is 14.8 Å². The van der Waals surface area contributed by atoms with E-state index < -0.39 is 16.1 Å². The van der Waals surface area contributed by atoms with Crippen LogP contribution in [0, 0.1) is 0 Å². The van der Waals surface area contributed by atoms with Crippen molar-refractivity contribution in [1.29, 1.82) is 0 Å². The number of benzene rings is 2. The summed E-state index contributed by atoms with van der Waals surface area (Å²) in [4.78, 5) is 14.4. The number of para-hydroxylation sites is 1. The molecule has 2 rings (SSSR count). The second-order valence-electron chi connectivity index (χ2n) is 5.78. The van der Waals surface area contributed by atoms with Crippen LogP contribution in [0.25, 0.3) is 0 Å². The van der Waals surface area contributed by atoms with Gasteiger partial charge in [0.1, 0.15) is 11.8 Å². The summed E-state index contributed by atoms with van der Waals surface area (Å²) in [5.41, 5.74) is 0.876. The SMILES string of the molecule is COc1ccc(Cl)cc1N([C@@H](C)C(=O)N(C)c1ccccc1)S(C)(=O)=O. The van der Waals surface area contributed by atoms with Crippen LogP contribution in [0.5, 0.6) is 5.75 Å². The van der Waals surface area contributed by atoms with E-state index in [1.54, 1.807) is 43.4 Å². The second kappa shape index (κ2) is 7.97. The minimum Gasteiger partial charge on any atom is -0.495 e. The molecule has 0 aliphatic heterocycles. The Hall–Kier alpha value is -2.25. The number of carbonyl (C=O) groups excluding carboxylic acids is 1. The molecule has 2 aromatic carbocycles. The molecule has 0 radical (unpaired) electrons. The number of likely N-dealkylation sites (N-methyl/N-ethyl adjacent to an activating group) is 1. The summed E-state index contributed by atoms with van der Waals surface area (Å²) in [5.74, 6) is -0.0782. The Morgan fingerprint density at radius 3 is 2.31 bits per heavy atom. The number of nitrogens with zero attached hydrogens (tertiary/aromatic N) is 2. The Bertz CT molecular complexity index is 887. The zero-order valence-corrected chi connectivity index (χ0v) is 16.6. The Morgan fingerprint density at radius 1 is 1.15 bits per heavy atom. The minimum absolute atomic E-state index is 0.213. The van der Waals surface area contributed by atoms with Gasteiger partial charge >= 0.3 is 0 Å². The van der Waals surface area contributed by atoms with Crippen LogP contribution in [0.4, 0.5) is 11.4 Å². The van der Waals surface area contributed by atoms with Gasteiger partial charge in [0, 0.05) is 17.8 Å². The van der Waals surface area contributed by atoms with Gasteiger partial charge in [-0.25, -0.2) is 8.42 Å². The van der Waals surface area contributed by atoms with Crippen molar-refractivity contribution >= 4 is 38.9 Å². The van der Waals surface area contributed by atoms with Gasteiger partial charge in [-0.2, -0.15) is 0 Å². The summed E-state index contributed by atoms with van der Waals surface area (Å²) in [6.45, 7) is 1.53. The first-order valence-corrected chi connectivity index (χ1v) is 10.0. The van der Waals surface area contributed by atoms with Gasteiger partial charge in [-0.3, -0.25) is 9.10 Å². The molecule has 1 atom stereocenters. The zero-order chi connectivity index (χ0) is 19.5. The van der Waals surface area contributed by atoms with Crippen molar-refractivity contribution in [2.45, 2.75) is 13.0 Å². The van der Waals surface area contributed by atoms with E-state index in [1.807, 2.05) is 6.07 Å². The van der Waals surface area contributed by atoms with Crippen LogP contribution in [0.15, 0.2) is 48.5 Å². The van der Waals surface area contributed by atoms with Crippen LogP contribution >= 0.6 is 11.6 Å². The molecule has 0 aromatic heterocycles. The Balaban J connectivity index is 2.48. The average Bonchev–Trinajstić information content (AvgIpc) is 2.60. The highest BCUT2D eigenvalue weighted by molar-refractivity contribution is 7.92. The van der Waals surface area contributed by atoms with E-state index in [0.717, 1.165) is 10.6 Å². The largest absolute Gasteiger partial charge is 0.495 e. The fraction of sp³-hybridized carbons (Fsp3) is 0.278. The highest BCUT2D eigenvalue weighted by atomic mass is 35.5. The van der Waals surface area contributed by atoms with E-state index in [0.29, 0.717) is 16.5 Å². The molecule has 0 bridgehead atoms. The number of amides is 1. The van der Waals surface area contributed by atoms with E-state index in [2.05, 4.69) is 0 Å². The molecule has 0 saturated heterocycles. The lowest BCUT2D eigenvalue weighted by Gasteiger charge is -2.32. The predicted octanol–water partition coefficient (Wildman–Crippen LogP) is 3.17. The second-order valence-corrected chi connectivity index (χ2v) is 8.08. The summed E-state index contributed by atoms with van der Waals surface area (Å²) in [7, 11) is -0.753. The molecule has 140 valence electrons. The summed E-state index contributed by atoms with van der Waals surface area (Å²) in [5, 5.41) is 0.338. The van der Waals surface area contributed by atoms with Crippen molar-refractivity contribution in [3.63, 3.8) is 0 Å². The van der Waals surface area contributed by atoms with Crippen molar-refractivity contribution < 1.29 is 17.9 Å². The number of anilines is 2. The van der Waals surface area contributed by atoms with Gasteiger partial charge in [0.05, 0.1) is 19.1 Å². The van der Waals surface area contributed by atoms with Gasteiger partial charge in [-0.05, 0) is 37.3 Å². The maximum Gasteiger partial charge on any atom is 0.250 e. The first-order chi connectivity index (χ1) is 12.2. The fourth-order valence-electron chi connectivity index (χ4n) is 2.67. The first kappa shape index (κ1) is 20.1. The quantitative estimate of drug-likeness (QED) is 0.752. The molecule has 0 heterocycles. The third-order valence-electron chi connectivity index (χ3n) is 3.92. The van der Waals surface area contributed by atoms with Gasteiger partial charge in [-0.15, -0.1) is 0 Å². The van der Waals surface area contributed by atoms with Crippen molar-refractivity contribution in [1.82, 2.24) is 0 Å². The highest BCUT2D eigenvalue weighted by Gasteiger charge is 2.33. The molecule has 0 fully saturated rings. The normalized spacial score (nSPS) is 12.3. The number of halogens is 1. The molecule has 6 nitrogen and oxygen atoms in total. The van der Waals surface area contributed by atoms with Gasteiger partial charge in [0.25, 0.3) is 0 Å². The number of rotatable bonds is 6. The molecule has 0 aliphatic rings. The summed E-state index contributed by atoms with van der Waals surface area (Å²) in [6.07, 6.45) is 1.04. The molecule has 1 amide bonds. The maximum absolute atomic E-state index is 12.9. The fourth-order valence-corrected chi connectivity index (χ4v) is 4.00. The van der Waals surface area contributed by atoms with Crippen molar-refractivity contribution in [2.24, 2.45) is 0 Å². The molecule has 8 heteroatoms. The van der Waals surface area contributed by atoms with Crippen LogP contribution in [0.3, 0.4) is 0 Å². The molecular formula is C18H21ClN2O4S. The smallest absolute Gasteiger partial charge is 0.250 e. The first-order valence-electron chi connectivity index (χ1n) is 7.82. The van der Waals surface area contributed by atoms with Gasteiger partial charge in [0.15, 0.2) is 0 Å². The van der Waals surface area contributed by atoms with E-state index in [-0.39, 0.29) is 11.6 Å². The van der Waals surface area contributed by atoms with Crippen molar-refractivity contribution in [3.8, 4) is 5.75 Å². The Morgan fingerprint density at radius 2 is 1.77 bits per heavy atom.